The Labute approximate surface area is 108 Å². The Hall–Kier alpha value is -1.08. The van der Waals surface area contributed by atoms with Crippen LogP contribution in [0.2, 0.25) is 5.02 Å². The van der Waals surface area contributed by atoms with Crippen LogP contribution in [0.3, 0.4) is 0 Å². The van der Waals surface area contributed by atoms with E-state index in [-0.39, 0.29) is 0 Å². The molecule has 2 rings (SSSR count). The van der Waals surface area contributed by atoms with Gasteiger partial charge < -0.3 is 0 Å². The van der Waals surface area contributed by atoms with E-state index in [0.717, 1.165) is 10.5 Å². The first-order valence-corrected chi connectivity index (χ1v) is 6.46. The lowest BCUT2D eigenvalue weighted by Gasteiger charge is -2.13. The molecule has 90 valence electrons. The van der Waals surface area contributed by atoms with E-state index in [1.54, 1.807) is 0 Å². The Bertz CT molecular complexity index is 544. The number of hydrogen-bond acceptors (Lipinski definition) is 1. The smallest absolute Gasteiger partial charge is 0.0891 e. The average molecular weight is 248 g/mol. The molecule has 0 aliphatic rings. The molecule has 0 bridgehead atoms. The van der Waals surface area contributed by atoms with E-state index in [4.69, 9.17) is 11.6 Å². The molecule has 0 saturated heterocycles. The Kier molecular flexibility index (Phi) is 3.39. The average Bonchev–Trinajstić information content (AvgIpc) is 2.27. The predicted octanol–water partition coefficient (Wildman–Crippen LogP) is 5.14. The summed E-state index contributed by atoms with van der Waals surface area (Å²) in [6.07, 6.45) is 1.85. The van der Waals surface area contributed by atoms with Crippen molar-refractivity contribution in [1.29, 1.82) is 0 Å². The first-order valence-electron chi connectivity index (χ1n) is 6.08. The summed E-state index contributed by atoms with van der Waals surface area (Å²) in [6, 6.07) is 6.35. The first kappa shape index (κ1) is 12.4. The predicted molar refractivity (Wildman–Crippen MR) is 74.9 cm³/mol. The third kappa shape index (κ3) is 2.30. The molecule has 0 spiro atoms. The lowest BCUT2D eigenvalue weighted by atomic mass is 9.95. The van der Waals surface area contributed by atoms with Crippen LogP contribution in [-0.4, -0.2) is 4.98 Å². The van der Waals surface area contributed by atoms with Gasteiger partial charge in [0.15, 0.2) is 0 Å². The standard InChI is InChI=1S/C15H18ClN/c1-9(2)11-7-13-12(10(3)4)5-6-17-15(13)14(16)8-11/h5-10H,1-4H3. The van der Waals surface area contributed by atoms with Gasteiger partial charge in [-0.3, -0.25) is 4.98 Å². The lowest BCUT2D eigenvalue weighted by molar-refractivity contribution is 0.861. The third-order valence-corrected chi connectivity index (χ3v) is 3.43. The second-order valence-electron chi connectivity index (χ2n) is 5.11. The molecular formula is C15H18ClN. The number of pyridine rings is 1. The van der Waals surface area contributed by atoms with Crippen molar-refractivity contribution in [1.82, 2.24) is 4.98 Å². The van der Waals surface area contributed by atoms with Crippen LogP contribution in [0.1, 0.15) is 50.7 Å². The summed E-state index contributed by atoms with van der Waals surface area (Å²) in [5, 5.41) is 1.95. The maximum atomic E-state index is 6.32. The summed E-state index contributed by atoms with van der Waals surface area (Å²) < 4.78 is 0. The summed E-state index contributed by atoms with van der Waals surface area (Å²) in [6.45, 7) is 8.77. The molecule has 0 amide bonds. The van der Waals surface area contributed by atoms with Crippen molar-refractivity contribution in [3.8, 4) is 0 Å². The Balaban J connectivity index is 2.78. The van der Waals surface area contributed by atoms with Gasteiger partial charge in [0.1, 0.15) is 0 Å². The third-order valence-electron chi connectivity index (χ3n) is 3.14. The fourth-order valence-electron chi connectivity index (χ4n) is 2.09. The van der Waals surface area contributed by atoms with E-state index in [1.165, 1.54) is 16.5 Å². The zero-order valence-corrected chi connectivity index (χ0v) is 11.5. The molecule has 2 aromatic rings. The number of rotatable bonds is 2. The quantitative estimate of drug-likeness (QED) is 0.717. The molecule has 1 aromatic carbocycles. The maximum absolute atomic E-state index is 6.32. The maximum Gasteiger partial charge on any atom is 0.0891 e. The molecular weight excluding hydrogens is 230 g/mol. The number of fused-ring (bicyclic) bond motifs is 1. The highest BCUT2D eigenvalue weighted by Crippen LogP contribution is 2.31. The largest absolute Gasteiger partial charge is 0.255 e. The van der Waals surface area contributed by atoms with Crippen molar-refractivity contribution in [3.05, 3.63) is 40.5 Å². The number of benzene rings is 1. The van der Waals surface area contributed by atoms with Crippen molar-refractivity contribution >= 4 is 22.5 Å². The topological polar surface area (TPSA) is 12.9 Å². The van der Waals surface area contributed by atoms with Crippen LogP contribution >= 0.6 is 11.6 Å². The van der Waals surface area contributed by atoms with Crippen LogP contribution in [0.5, 0.6) is 0 Å². The highest BCUT2D eigenvalue weighted by atomic mass is 35.5. The lowest BCUT2D eigenvalue weighted by Crippen LogP contribution is -1.95. The molecule has 1 nitrogen and oxygen atoms in total. The summed E-state index contributed by atoms with van der Waals surface area (Å²) in [4.78, 5) is 4.39. The molecule has 2 heteroatoms. The van der Waals surface area contributed by atoms with Crippen molar-refractivity contribution in [3.63, 3.8) is 0 Å². The van der Waals surface area contributed by atoms with E-state index >= 15 is 0 Å². The molecule has 0 unspecified atom stereocenters. The fraction of sp³-hybridized carbons (Fsp3) is 0.400. The summed E-state index contributed by atoms with van der Waals surface area (Å²) >= 11 is 6.32. The van der Waals surface area contributed by atoms with Gasteiger partial charge >= 0.3 is 0 Å². The molecule has 0 radical (unpaired) electrons. The molecule has 0 atom stereocenters. The van der Waals surface area contributed by atoms with Crippen molar-refractivity contribution in [2.75, 3.05) is 0 Å². The molecule has 0 fully saturated rings. The Morgan fingerprint density at radius 1 is 1.06 bits per heavy atom. The van der Waals surface area contributed by atoms with Crippen molar-refractivity contribution < 1.29 is 0 Å². The van der Waals surface area contributed by atoms with E-state index < -0.39 is 0 Å². The van der Waals surface area contributed by atoms with Gasteiger partial charge in [0.2, 0.25) is 0 Å². The highest BCUT2D eigenvalue weighted by Gasteiger charge is 2.11. The van der Waals surface area contributed by atoms with Gasteiger partial charge in [-0.25, -0.2) is 0 Å². The summed E-state index contributed by atoms with van der Waals surface area (Å²) in [5.41, 5.74) is 3.51. The molecule has 0 saturated carbocycles. The second kappa shape index (κ2) is 4.66. The monoisotopic (exact) mass is 247 g/mol. The van der Waals surface area contributed by atoms with E-state index in [0.29, 0.717) is 11.8 Å². The van der Waals surface area contributed by atoms with E-state index in [2.05, 4.69) is 44.8 Å². The molecule has 1 heterocycles. The van der Waals surface area contributed by atoms with Gasteiger partial charge in [-0.15, -0.1) is 0 Å². The van der Waals surface area contributed by atoms with Gasteiger partial charge in [0, 0.05) is 11.6 Å². The minimum absolute atomic E-state index is 0.483. The summed E-state index contributed by atoms with van der Waals surface area (Å²) in [7, 11) is 0. The van der Waals surface area contributed by atoms with Gasteiger partial charge in [0.05, 0.1) is 10.5 Å². The zero-order chi connectivity index (χ0) is 12.6. The normalized spacial score (nSPS) is 11.7. The van der Waals surface area contributed by atoms with Gasteiger partial charge in [-0.2, -0.15) is 0 Å². The van der Waals surface area contributed by atoms with Crippen LogP contribution in [0.4, 0.5) is 0 Å². The zero-order valence-electron chi connectivity index (χ0n) is 10.8. The Morgan fingerprint density at radius 3 is 2.35 bits per heavy atom. The highest BCUT2D eigenvalue weighted by molar-refractivity contribution is 6.35. The molecule has 1 aromatic heterocycles. The molecule has 0 aliphatic heterocycles. The number of aromatic nitrogens is 1. The van der Waals surface area contributed by atoms with Crippen molar-refractivity contribution in [2.24, 2.45) is 0 Å². The van der Waals surface area contributed by atoms with E-state index in [9.17, 15) is 0 Å². The minimum atomic E-state index is 0.483. The molecule has 0 N–H and O–H groups in total. The summed E-state index contributed by atoms with van der Waals surface area (Å²) in [5.74, 6) is 0.969. The van der Waals surface area contributed by atoms with Gasteiger partial charge in [-0.05, 0) is 41.2 Å². The number of hydrogen-bond donors (Lipinski definition) is 0. The van der Waals surface area contributed by atoms with Crippen LogP contribution in [0.15, 0.2) is 24.4 Å². The SMILES string of the molecule is CC(C)c1cc(Cl)c2nccc(C(C)C)c2c1. The number of halogens is 1. The fourth-order valence-corrected chi connectivity index (χ4v) is 2.37. The van der Waals surface area contributed by atoms with Gasteiger partial charge in [-0.1, -0.05) is 39.3 Å². The second-order valence-corrected chi connectivity index (χ2v) is 5.52. The number of nitrogens with zero attached hydrogens (tertiary/aromatic N) is 1. The molecule has 17 heavy (non-hydrogen) atoms. The van der Waals surface area contributed by atoms with Crippen LogP contribution in [0.25, 0.3) is 10.9 Å². The van der Waals surface area contributed by atoms with Crippen LogP contribution in [-0.2, 0) is 0 Å². The minimum Gasteiger partial charge on any atom is -0.255 e. The van der Waals surface area contributed by atoms with Crippen LogP contribution < -0.4 is 0 Å². The Morgan fingerprint density at radius 2 is 1.76 bits per heavy atom. The first-order chi connectivity index (χ1) is 8.00. The molecule has 0 aliphatic carbocycles. The van der Waals surface area contributed by atoms with Crippen molar-refractivity contribution in [2.45, 2.75) is 39.5 Å². The van der Waals surface area contributed by atoms with E-state index in [1.807, 2.05) is 12.3 Å². The van der Waals surface area contributed by atoms with Crippen LogP contribution in [0, 0.1) is 0 Å². The van der Waals surface area contributed by atoms with Gasteiger partial charge in [0.25, 0.3) is 0 Å².